The number of nitrogens with one attached hydrogen (secondary N) is 3. The molecule has 0 bridgehead atoms. The average molecular weight is 538 g/mol. The van der Waals surface area contributed by atoms with E-state index in [1.165, 1.54) is 5.56 Å². The minimum Gasteiger partial charge on any atom is -0.493 e. The molecule has 0 unspecified atom stereocenters. The normalized spacial score (nSPS) is 11.1. The highest BCUT2D eigenvalue weighted by molar-refractivity contribution is 14.0. The minimum absolute atomic E-state index is 0. The maximum Gasteiger partial charge on any atom is 0.216 e. The first kappa shape index (κ1) is 24.7. The number of halogens is 1. The van der Waals surface area contributed by atoms with Gasteiger partial charge in [-0.1, -0.05) is 19.1 Å². The monoisotopic (exact) mass is 538 g/mol. The zero-order chi connectivity index (χ0) is 21.2. The van der Waals surface area contributed by atoms with Gasteiger partial charge in [0, 0.05) is 25.1 Å². The summed E-state index contributed by atoms with van der Waals surface area (Å²) in [6.45, 7) is 8.92. The van der Waals surface area contributed by atoms with E-state index in [1.807, 2.05) is 19.1 Å². The summed E-state index contributed by atoms with van der Waals surface area (Å²) < 4.78 is 11.2. The summed E-state index contributed by atoms with van der Waals surface area (Å²) in [6, 6.07) is 9.90. The van der Waals surface area contributed by atoms with Gasteiger partial charge in [-0.3, -0.25) is 5.10 Å². The highest BCUT2D eigenvalue weighted by Gasteiger charge is 2.09. The molecule has 3 rings (SSSR count). The number of guanidine groups is 1. The molecule has 3 aromatic rings. The molecule has 0 aliphatic rings. The zero-order valence-electron chi connectivity index (χ0n) is 18.3. The number of aliphatic imine (C=N–C) groups is 1. The van der Waals surface area contributed by atoms with E-state index in [2.05, 4.69) is 57.9 Å². The van der Waals surface area contributed by atoms with Crippen LogP contribution in [0.1, 0.15) is 37.2 Å². The largest absolute Gasteiger partial charge is 0.493 e. The van der Waals surface area contributed by atoms with Gasteiger partial charge in [-0.2, -0.15) is 5.10 Å². The van der Waals surface area contributed by atoms with E-state index in [0.717, 1.165) is 36.1 Å². The Balaban J connectivity index is 0.00000341. The molecule has 0 aliphatic carbocycles. The van der Waals surface area contributed by atoms with Crippen LogP contribution in [0.15, 0.2) is 46.0 Å². The topological polar surface area (TPSA) is 100 Å². The van der Waals surface area contributed by atoms with Crippen molar-refractivity contribution in [2.75, 3.05) is 19.7 Å². The van der Waals surface area contributed by atoms with Crippen molar-refractivity contribution in [1.29, 1.82) is 0 Å². The summed E-state index contributed by atoms with van der Waals surface area (Å²) in [5.41, 5.74) is 2.25. The first-order valence-electron chi connectivity index (χ1n) is 10.4. The van der Waals surface area contributed by atoms with Crippen molar-refractivity contribution < 1.29 is 9.15 Å². The number of nitrogens with zero attached hydrogens (tertiary/aromatic N) is 3. The van der Waals surface area contributed by atoms with Gasteiger partial charge >= 0.3 is 0 Å². The lowest BCUT2D eigenvalue weighted by molar-refractivity contribution is 0.314. The number of H-pyrrole nitrogens is 1. The number of aryl methyl sites for hydroxylation is 1. The molecule has 0 fully saturated rings. The maximum absolute atomic E-state index is 5.89. The molecule has 1 aromatic carbocycles. The third kappa shape index (κ3) is 7.57. The van der Waals surface area contributed by atoms with Crippen molar-refractivity contribution in [2.45, 2.75) is 40.2 Å². The molecular weight excluding hydrogens is 507 g/mol. The lowest BCUT2D eigenvalue weighted by Gasteiger charge is -2.13. The van der Waals surface area contributed by atoms with Gasteiger partial charge in [0.1, 0.15) is 11.6 Å². The van der Waals surface area contributed by atoms with Crippen molar-refractivity contribution in [2.24, 2.45) is 4.99 Å². The second-order valence-electron chi connectivity index (χ2n) is 6.91. The minimum atomic E-state index is 0. The first-order valence-corrected chi connectivity index (χ1v) is 10.4. The zero-order valence-corrected chi connectivity index (χ0v) is 20.6. The van der Waals surface area contributed by atoms with Crippen LogP contribution in [0, 0.1) is 6.92 Å². The first-order chi connectivity index (χ1) is 14.7. The number of furan rings is 1. The molecule has 3 N–H and O–H groups in total. The number of ether oxygens (including phenoxy) is 1. The van der Waals surface area contributed by atoms with Crippen LogP contribution in [0.5, 0.6) is 5.75 Å². The Kier molecular flexibility index (Phi) is 10.3. The fourth-order valence-corrected chi connectivity index (χ4v) is 2.87. The van der Waals surface area contributed by atoms with Crippen LogP contribution >= 0.6 is 24.0 Å². The maximum atomic E-state index is 5.89. The Morgan fingerprint density at radius 1 is 1.23 bits per heavy atom. The van der Waals surface area contributed by atoms with E-state index in [0.29, 0.717) is 37.7 Å². The lowest BCUT2D eigenvalue weighted by atomic mass is 10.1. The van der Waals surface area contributed by atoms with Crippen molar-refractivity contribution in [3.8, 4) is 17.3 Å². The highest BCUT2D eigenvalue weighted by atomic mass is 127. The van der Waals surface area contributed by atoms with Gasteiger partial charge in [0.15, 0.2) is 11.7 Å². The van der Waals surface area contributed by atoms with Crippen LogP contribution in [-0.4, -0.2) is 40.8 Å². The predicted octanol–water partition coefficient (Wildman–Crippen LogP) is 4.08. The molecule has 9 heteroatoms. The highest BCUT2D eigenvalue weighted by Crippen LogP contribution is 2.21. The van der Waals surface area contributed by atoms with Crippen LogP contribution in [0.4, 0.5) is 0 Å². The standard InChI is InChI=1S/C22H30N6O2.HI/c1-4-12-29-19-14-16(3)8-9-17(19)15-25-22(23-5-2)24-11-10-20-26-21(28-27-20)18-7-6-13-30-18;/h6-9,13-14H,4-5,10-12,15H2,1-3H3,(H2,23,24,25)(H,26,27,28);1H. The van der Waals surface area contributed by atoms with Gasteiger partial charge in [0.25, 0.3) is 0 Å². The molecule has 2 heterocycles. The van der Waals surface area contributed by atoms with Crippen molar-refractivity contribution in [1.82, 2.24) is 25.8 Å². The van der Waals surface area contributed by atoms with Crippen LogP contribution < -0.4 is 15.4 Å². The molecule has 0 saturated heterocycles. The molecule has 0 radical (unpaired) electrons. The van der Waals surface area contributed by atoms with Crippen molar-refractivity contribution in [3.63, 3.8) is 0 Å². The van der Waals surface area contributed by atoms with E-state index in [4.69, 9.17) is 14.1 Å². The Morgan fingerprint density at radius 2 is 2.10 bits per heavy atom. The number of aromatic amines is 1. The summed E-state index contributed by atoms with van der Waals surface area (Å²) in [4.78, 5) is 9.17. The Labute approximate surface area is 200 Å². The fraction of sp³-hybridized carbons (Fsp3) is 0.409. The summed E-state index contributed by atoms with van der Waals surface area (Å²) >= 11 is 0. The Bertz CT molecular complexity index is 939. The number of rotatable bonds is 10. The third-order valence-electron chi connectivity index (χ3n) is 4.36. The molecule has 0 atom stereocenters. The van der Waals surface area contributed by atoms with Crippen LogP contribution in [0.2, 0.25) is 0 Å². The van der Waals surface area contributed by atoms with Gasteiger partial charge in [-0.15, -0.1) is 24.0 Å². The molecule has 0 aliphatic heterocycles. The van der Waals surface area contributed by atoms with Gasteiger partial charge < -0.3 is 19.8 Å². The summed E-state index contributed by atoms with van der Waals surface area (Å²) in [5, 5.41) is 13.8. The molecule has 0 saturated carbocycles. The summed E-state index contributed by atoms with van der Waals surface area (Å²) in [7, 11) is 0. The molecule has 168 valence electrons. The van der Waals surface area contributed by atoms with Gasteiger partial charge in [-0.05, 0) is 44.0 Å². The van der Waals surface area contributed by atoms with E-state index in [-0.39, 0.29) is 24.0 Å². The van der Waals surface area contributed by atoms with E-state index in [9.17, 15) is 0 Å². The molecular formula is C22H31IN6O2. The summed E-state index contributed by atoms with van der Waals surface area (Å²) in [5.74, 6) is 3.67. The summed E-state index contributed by atoms with van der Waals surface area (Å²) in [6.07, 6.45) is 3.27. The molecule has 8 nitrogen and oxygen atoms in total. The predicted molar refractivity (Wildman–Crippen MR) is 133 cm³/mol. The second-order valence-corrected chi connectivity index (χ2v) is 6.91. The van der Waals surface area contributed by atoms with Gasteiger partial charge in [0.05, 0.1) is 19.4 Å². The van der Waals surface area contributed by atoms with Crippen molar-refractivity contribution >= 4 is 29.9 Å². The lowest BCUT2D eigenvalue weighted by Crippen LogP contribution is -2.38. The molecule has 2 aromatic heterocycles. The van der Waals surface area contributed by atoms with E-state index in [1.54, 1.807) is 6.26 Å². The second kappa shape index (κ2) is 13.0. The fourth-order valence-electron chi connectivity index (χ4n) is 2.87. The number of hydrogen-bond acceptors (Lipinski definition) is 5. The van der Waals surface area contributed by atoms with E-state index < -0.39 is 0 Å². The molecule has 0 spiro atoms. The Hall–Kier alpha value is -2.56. The van der Waals surface area contributed by atoms with Gasteiger partial charge in [-0.25, -0.2) is 9.98 Å². The van der Waals surface area contributed by atoms with Crippen LogP contribution in [0.3, 0.4) is 0 Å². The molecule has 0 amide bonds. The van der Waals surface area contributed by atoms with Crippen molar-refractivity contribution in [3.05, 3.63) is 53.5 Å². The quantitative estimate of drug-likeness (QED) is 0.205. The third-order valence-corrected chi connectivity index (χ3v) is 4.36. The van der Waals surface area contributed by atoms with Gasteiger partial charge in [0.2, 0.25) is 5.82 Å². The molecule has 31 heavy (non-hydrogen) atoms. The smallest absolute Gasteiger partial charge is 0.216 e. The Morgan fingerprint density at radius 3 is 2.84 bits per heavy atom. The SMILES string of the molecule is CCCOc1cc(C)ccc1CN=C(NCC)NCCc1nc(-c2ccco2)n[nH]1.I. The number of hydrogen-bond donors (Lipinski definition) is 3. The number of aromatic nitrogens is 3. The average Bonchev–Trinajstić information content (AvgIpc) is 3.43. The van der Waals surface area contributed by atoms with Crippen LogP contribution in [-0.2, 0) is 13.0 Å². The number of benzene rings is 1. The van der Waals surface area contributed by atoms with Crippen LogP contribution in [0.25, 0.3) is 11.6 Å². The van der Waals surface area contributed by atoms with E-state index >= 15 is 0 Å².